The fourth-order valence-corrected chi connectivity index (χ4v) is 2.03. The van der Waals surface area contributed by atoms with Crippen LogP contribution >= 0.6 is 34.8 Å². The Morgan fingerprint density at radius 1 is 1.25 bits per heavy atom. The summed E-state index contributed by atoms with van der Waals surface area (Å²) in [7, 11) is 0. The van der Waals surface area contributed by atoms with Gasteiger partial charge < -0.3 is 4.74 Å². The third kappa shape index (κ3) is 3.50. The van der Waals surface area contributed by atoms with Crippen LogP contribution in [0.15, 0.2) is 30.5 Å². The lowest BCUT2D eigenvalue weighted by Crippen LogP contribution is -2.00. The van der Waals surface area contributed by atoms with E-state index in [1.807, 2.05) is 0 Å². The molecule has 2 rings (SSSR count). The van der Waals surface area contributed by atoms with Gasteiger partial charge in [0.25, 0.3) is 0 Å². The number of hydrogen-bond acceptors (Lipinski definition) is 4. The van der Waals surface area contributed by atoms with Crippen LogP contribution in [0.25, 0.3) is 0 Å². The Kier molecular flexibility index (Phi) is 4.65. The number of nitro benzene ring substituents is 1. The van der Waals surface area contributed by atoms with Gasteiger partial charge in [0, 0.05) is 28.9 Å². The molecule has 2 aromatic rings. The van der Waals surface area contributed by atoms with Gasteiger partial charge in [-0.15, -0.1) is 0 Å². The van der Waals surface area contributed by atoms with Crippen LogP contribution in [-0.4, -0.2) is 9.91 Å². The normalized spacial score (nSPS) is 10.3. The number of pyridine rings is 1. The Morgan fingerprint density at radius 3 is 2.65 bits per heavy atom. The molecule has 0 spiro atoms. The van der Waals surface area contributed by atoms with Crippen LogP contribution in [-0.2, 0) is 6.61 Å². The molecule has 0 fully saturated rings. The Labute approximate surface area is 129 Å². The summed E-state index contributed by atoms with van der Waals surface area (Å²) in [5, 5.41) is 11.8. The first-order chi connectivity index (χ1) is 9.47. The molecule has 104 valence electrons. The van der Waals surface area contributed by atoms with Crippen molar-refractivity contribution < 1.29 is 9.66 Å². The van der Waals surface area contributed by atoms with Crippen LogP contribution in [0.4, 0.5) is 5.69 Å². The van der Waals surface area contributed by atoms with Crippen molar-refractivity contribution in [1.29, 1.82) is 0 Å². The predicted octanol–water partition coefficient (Wildman–Crippen LogP) is 4.53. The van der Waals surface area contributed by atoms with Crippen molar-refractivity contribution in [2.45, 2.75) is 6.61 Å². The molecule has 0 aliphatic rings. The molecule has 0 N–H and O–H groups in total. The summed E-state index contributed by atoms with van der Waals surface area (Å²) in [6, 6.07) is 5.54. The van der Waals surface area contributed by atoms with E-state index in [-0.39, 0.29) is 23.2 Å². The second-order valence-corrected chi connectivity index (χ2v) is 4.99. The first-order valence-electron chi connectivity index (χ1n) is 5.34. The van der Waals surface area contributed by atoms with E-state index < -0.39 is 4.92 Å². The summed E-state index contributed by atoms with van der Waals surface area (Å²) in [5.74, 6) is 0.0634. The first kappa shape index (κ1) is 14.8. The lowest BCUT2D eigenvalue weighted by molar-refractivity contribution is -0.385. The van der Waals surface area contributed by atoms with Crippen LogP contribution in [0.5, 0.6) is 5.75 Å². The van der Waals surface area contributed by atoms with Gasteiger partial charge in [-0.1, -0.05) is 34.8 Å². The number of nitro groups is 1. The number of benzene rings is 1. The van der Waals surface area contributed by atoms with Crippen LogP contribution in [0.3, 0.4) is 0 Å². The topological polar surface area (TPSA) is 65.3 Å². The van der Waals surface area contributed by atoms with Crippen LogP contribution in [0.2, 0.25) is 15.2 Å². The van der Waals surface area contributed by atoms with Crippen molar-refractivity contribution in [2.24, 2.45) is 0 Å². The highest BCUT2D eigenvalue weighted by Crippen LogP contribution is 2.31. The van der Waals surface area contributed by atoms with Gasteiger partial charge in [0.2, 0.25) is 0 Å². The molecular weight excluding hydrogens is 327 g/mol. The largest absolute Gasteiger partial charge is 0.482 e. The lowest BCUT2D eigenvalue weighted by atomic mass is 10.3. The van der Waals surface area contributed by atoms with E-state index in [2.05, 4.69) is 4.98 Å². The zero-order valence-corrected chi connectivity index (χ0v) is 12.1. The molecule has 0 aliphatic heterocycles. The quantitative estimate of drug-likeness (QED) is 0.468. The number of ether oxygens (including phenoxy) is 1. The fraction of sp³-hybridized carbons (Fsp3) is 0.0833. The Morgan fingerprint density at radius 2 is 2.00 bits per heavy atom. The van der Waals surface area contributed by atoms with E-state index in [4.69, 9.17) is 39.5 Å². The van der Waals surface area contributed by atoms with Crippen molar-refractivity contribution in [3.05, 3.63) is 61.3 Å². The molecule has 0 atom stereocenters. The molecule has 0 aliphatic carbocycles. The Hall–Kier alpha value is -1.56. The van der Waals surface area contributed by atoms with E-state index in [0.29, 0.717) is 15.6 Å². The molecule has 8 heteroatoms. The van der Waals surface area contributed by atoms with E-state index in [9.17, 15) is 10.1 Å². The molecule has 1 aromatic heterocycles. The van der Waals surface area contributed by atoms with Crippen molar-refractivity contribution in [1.82, 2.24) is 4.98 Å². The Balaban J connectivity index is 2.22. The van der Waals surface area contributed by atoms with Crippen molar-refractivity contribution in [2.75, 3.05) is 0 Å². The minimum Gasteiger partial charge on any atom is -0.482 e. The number of nitrogens with zero attached hydrogens (tertiary/aromatic N) is 2. The molecule has 1 aromatic carbocycles. The fourth-order valence-electron chi connectivity index (χ4n) is 1.45. The van der Waals surface area contributed by atoms with Crippen molar-refractivity contribution in [3.8, 4) is 5.75 Å². The maximum Gasteiger partial charge on any atom is 0.311 e. The summed E-state index contributed by atoms with van der Waals surface area (Å²) in [6.07, 6.45) is 1.45. The zero-order chi connectivity index (χ0) is 14.7. The summed E-state index contributed by atoms with van der Waals surface area (Å²) in [4.78, 5) is 14.2. The van der Waals surface area contributed by atoms with E-state index in [1.54, 1.807) is 0 Å². The van der Waals surface area contributed by atoms with Crippen LogP contribution < -0.4 is 4.74 Å². The summed E-state index contributed by atoms with van der Waals surface area (Å²) in [6.45, 7) is 0.0180. The third-order valence-corrected chi connectivity index (χ3v) is 3.19. The molecule has 0 bridgehead atoms. The molecule has 20 heavy (non-hydrogen) atoms. The molecule has 0 saturated heterocycles. The summed E-state index contributed by atoms with van der Waals surface area (Å²) in [5.41, 5.74) is 0.387. The molecule has 5 nitrogen and oxygen atoms in total. The minimum atomic E-state index is -0.548. The highest BCUT2D eigenvalue weighted by molar-refractivity contribution is 6.34. The van der Waals surface area contributed by atoms with Crippen molar-refractivity contribution in [3.63, 3.8) is 0 Å². The third-order valence-electron chi connectivity index (χ3n) is 2.40. The van der Waals surface area contributed by atoms with E-state index in [1.165, 1.54) is 30.5 Å². The van der Waals surface area contributed by atoms with Gasteiger partial charge in [0.15, 0.2) is 5.75 Å². The second kappa shape index (κ2) is 6.26. The van der Waals surface area contributed by atoms with Gasteiger partial charge in [-0.05, 0) is 12.1 Å². The number of rotatable bonds is 4. The standard InChI is InChI=1S/C12H7Cl3N2O3/c13-8-1-2-10(17(18)19)11(3-8)20-6-7-5-16-12(15)4-9(7)14/h1-5H,6H2. The Bertz CT molecular complexity index is 664. The molecular formula is C12H7Cl3N2O3. The highest BCUT2D eigenvalue weighted by Gasteiger charge is 2.16. The number of halogens is 3. The monoisotopic (exact) mass is 332 g/mol. The number of aromatic nitrogens is 1. The van der Waals surface area contributed by atoms with Gasteiger partial charge in [-0.3, -0.25) is 10.1 Å². The van der Waals surface area contributed by atoms with Crippen molar-refractivity contribution >= 4 is 40.5 Å². The van der Waals surface area contributed by atoms with E-state index in [0.717, 1.165) is 0 Å². The number of hydrogen-bond donors (Lipinski definition) is 0. The average Bonchev–Trinajstić information content (AvgIpc) is 2.37. The van der Waals surface area contributed by atoms with Gasteiger partial charge in [0.05, 0.1) is 9.95 Å². The van der Waals surface area contributed by atoms with Gasteiger partial charge in [-0.25, -0.2) is 4.98 Å². The summed E-state index contributed by atoms with van der Waals surface area (Å²) >= 11 is 17.4. The maximum absolute atomic E-state index is 10.9. The van der Waals surface area contributed by atoms with Gasteiger partial charge in [-0.2, -0.15) is 0 Å². The average molecular weight is 334 g/mol. The van der Waals surface area contributed by atoms with Crippen LogP contribution in [0.1, 0.15) is 5.56 Å². The maximum atomic E-state index is 10.9. The molecule has 0 saturated carbocycles. The van der Waals surface area contributed by atoms with E-state index >= 15 is 0 Å². The van der Waals surface area contributed by atoms with Gasteiger partial charge in [0.1, 0.15) is 11.8 Å². The van der Waals surface area contributed by atoms with Crippen LogP contribution in [0, 0.1) is 10.1 Å². The second-order valence-electron chi connectivity index (χ2n) is 3.76. The highest BCUT2D eigenvalue weighted by atomic mass is 35.5. The molecule has 0 amide bonds. The smallest absolute Gasteiger partial charge is 0.311 e. The SMILES string of the molecule is O=[N+]([O-])c1ccc(Cl)cc1OCc1cnc(Cl)cc1Cl. The minimum absolute atomic E-state index is 0.0180. The predicted molar refractivity (Wildman–Crippen MR) is 76.7 cm³/mol. The molecule has 1 heterocycles. The first-order valence-corrected chi connectivity index (χ1v) is 6.47. The summed E-state index contributed by atoms with van der Waals surface area (Å²) < 4.78 is 5.39. The van der Waals surface area contributed by atoms with Gasteiger partial charge >= 0.3 is 5.69 Å². The lowest BCUT2D eigenvalue weighted by Gasteiger charge is -2.08. The molecule has 0 radical (unpaired) electrons. The molecule has 0 unspecified atom stereocenters. The zero-order valence-electron chi connectivity index (χ0n) is 9.85.